The number of aromatic nitrogens is 2. The van der Waals surface area contributed by atoms with Crippen LogP contribution in [-0.2, 0) is 0 Å². The summed E-state index contributed by atoms with van der Waals surface area (Å²) in [5.74, 6) is 0.251. The van der Waals surface area contributed by atoms with E-state index in [1.165, 1.54) is 98.1 Å². The third kappa shape index (κ3) is 6.22. The van der Waals surface area contributed by atoms with Crippen LogP contribution in [0.5, 0.6) is 0 Å². The third-order valence-corrected chi connectivity index (χ3v) is 14.4. The lowest BCUT2D eigenvalue weighted by Crippen LogP contribution is -2.02. The minimum atomic E-state index is 0.125. The average Bonchev–Trinajstić information content (AvgIpc) is 4.17. The molecule has 2 atom stereocenters. The second-order valence-electron chi connectivity index (χ2n) is 16.1. The van der Waals surface area contributed by atoms with E-state index in [9.17, 15) is 0 Å². The van der Waals surface area contributed by atoms with Crippen molar-refractivity contribution in [1.29, 1.82) is 0 Å². The van der Waals surface area contributed by atoms with Gasteiger partial charge in [0.2, 0.25) is 0 Å². The van der Waals surface area contributed by atoms with Gasteiger partial charge >= 0.3 is 0 Å². The van der Waals surface area contributed by atoms with Crippen molar-refractivity contribution in [1.82, 2.24) is 9.13 Å². The summed E-state index contributed by atoms with van der Waals surface area (Å²) in [5, 5.41) is 9.49. The maximum Gasteiger partial charge on any atom is 0.0541 e. The van der Waals surface area contributed by atoms with E-state index in [1.54, 1.807) is 0 Å². The van der Waals surface area contributed by atoms with Crippen molar-refractivity contribution in [2.75, 3.05) is 0 Å². The molecule has 4 heteroatoms. The molecule has 2 nitrogen and oxygen atoms in total. The molecule has 0 fully saturated rings. The van der Waals surface area contributed by atoms with E-state index >= 15 is 0 Å². The van der Waals surface area contributed by atoms with Gasteiger partial charge in [0.25, 0.3) is 0 Å². The Labute approximate surface area is 368 Å². The fraction of sp³-hybridized carbons (Fsp3) is 0.0345. The Morgan fingerprint density at radius 1 is 0.290 bits per heavy atom. The molecule has 0 bridgehead atoms. The molecule has 0 radical (unpaired) electrons. The monoisotopic (exact) mass is 828 g/mol. The number of fused-ring (bicyclic) bond motifs is 6. The highest BCUT2D eigenvalue weighted by molar-refractivity contribution is 7.10. The maximum absolute atomic E-state index is 2.43. The van der Waals surface area contributed by atoms with Crippen molar-refractivity contribution in [3.63, 3.8) is 0 Å². The lowest BCUT2D eigenvalue weighted by atomic mass is 9.87. The molecule has 8 aromatic carbocycles. The van der Waals surface area contributed by atoms with Gasteiger partial charge in [0.05, 0.1) is 22.1 Å². The van der Waals surface area contributed by atoms with E-state index in [1.807, 2.05) is 22.7 Å². The molecule has 0 amide bonds. The number of thiophene rings is 2. The molecule has 12 aromatic rings. The SMILES string of the molecule is c1ccc(-n2c3ccccc3c3cc(C(c4ccc(-c5ccc(C(c6ccc7c(c6)c6ccccc6n7-c6ccccc6)c6cccs6)cc5)cc4)c4cccs4)ccc32)cc1. The Kier molecular flexibility index (Phi) is 9.06. The second-order valence-corrected chi connectivity index (χ2v) is 18.0. The number of benzene rings is 8. The molecule has 0 aliphatic heterocycles. The quantitative estimate of drug-likeness (QED) is 0.137. The first kappa shape index (κ1) is 36.6. The van der Waals surface area contributed by atoms with E-state index in [0.717, 1.165) is 0 Å². The summed E-state index contributed by atoms with van der Waals surface area (Å²) in [7, 11) is 0. The summed E-state index contributed by atoms with van der Waals surface area (Å²) in [6, 6.07) is 80.6. The molecule has 12 rings (SSSR count). The van der Waals surface area contributed by atoms with Crippen LogP contribution in [0.25, 0.3) is 66.1 Å². The molecule has 4 heterocycles. The van der Waals surface area contributed by atoms with Gasteiger partial charge in [-0.3, -0.25) is 0 Å². The zero-order valence-corrected chi connectivity index (χ0v) is 35.4. The number of hydrogen-bond donors (Lipinski definition) is 0. The normalized spacial score (nSPS) is 12.7. The standard InChI is InChI=1S/C58H40N2S2/c1-3-13-45(14-4-1)59-51-19-9-7-17-47(51)49-37-43(31-33-53(49)59)57(55-21-11-35-61-55)41-27-23-39(24-28-41)40-25-29-42(30-26-40)58(56-22-12-36-62-56)44-32-34-54-50(38-44)48-18-8-10-20-52(48)60(54)46-15-5-2-6-16-46/h1-38,57-58H. The van der Waals surface area contributed by atoms with Crippen LogP contribution in [0, 0.1) is 0 Å². The van der Waals surface area contributed by atoms with Crippen molar-refractivity contribution in [2.45, 2.75) is 11.8 Å². The molecule has 2 unspecified atom stereocenters. The fourth-order valence-electron chi connectivity index (χ4n) is 9.74. The van der Waals surface area contributed by atoms with Gasteiger partial charge in [-0.05, 0) is 117 Å². The van der Waals surface area contributed by atoms with Gasteiger partial charge in [-0.15, -0.1) is 22.7 Å². The van der Waals surface area contributed by atoms with Gasteiger partial charge in [0.1, 0.15) is 0 Å². The van der Waals surface area contributed by atoms with E-state index in [-0.39, 0.29) is 11.8 Å². The molecule has 294 valence electrons. The minimum absolute atomic E-state index is 0.125. The molecule has 0 spiro atoms. The van der Waals surface area contributed by atoms with E-state index in [4.69, 9.17) is 0 Å². The van der Waals surface area contributed by atoms with E-state index in [2.05, 4.69) is 238 Å². The highest BCUT2D eigenvalue weighted by Crippen LogP contribution is 2.42. The van der Waals surface area contributed by atoms with E-state index < -0.39 is 0 Å². The van der Waals surface area contributed by atoms with E-state index in [0.29, 0.717) is 0 Å². The van der Waals surface area contributed by atoms with Crippen LogP contribution in [0.4, 0.5) is 0 Å². The fourth-order valence-corrected chi connectivity index (χ4v) is 11.5. The third-order valence-electron chi connectivity index (χ3n) is 12.6. The lowest BCUT2D eigenvalue weighted by Gasteiger charge is -2.19. The highest BCUT2D eigenvalue weighted by atomic mass is 32.1. The molecule has 0 aliphatic carbocycles. The van der Waals surface area contributed by atoms with Gasteiger partial charge in [0.15, 0.2) is 0 Å². The summed E-state index contributed by atoms with van der Waals surface area (Å²) in [6.45, 7) is 0. The molecule has 0 saturated carbocycles. The molecule has 62 heavy (non-hydrogen) atoms. The Morgan fingerprint density at radius 3 is 1.06 bits per heavy atom. The summed E-state index contributed by atoms with van der Waals surface area (Å²) >= 11 is 3.66. The second kappa shape index (κ2) is 15.3. The summed E-state index contributed by atoms with van der Waals surface area (Å²) in [5.41, 5.74) is 14.9. The van der Waals surface area contributed by atoms with Crippen LogP contribution in [0.3, 0.4) is 0 Å². The lowest BCUT2D eigenvalue weighted by molar-refractivity contribution is 1.01. The van der Waals surface area contributed by atoms with Crippen molar-refractivity contribution in [3.05, 3.63) is 261 Å². The molecular formula is C58H40N2S2. The molecular weight excluding hydrogens is 789 g/mol. The Balaban J connectivity index is 0.890. The van der Waals surface area contributed by atoms with Gasteiger partial charge in [-0.1, -0.05) is 146 Å². The van der Waals surface area contributed by atoms with Crippen molar-refractivity contribution in [2.24, 2.45) is 0 Å². The molecule has 0 aliphatic rings. The van der Waals surface area contributed by atoms with Gasteiger partial charge in [0, 0.05) is 54.5 Å². The van der Waals surface area contributed by atoms with Crippen LogP contribution in [-0.4, -0.2) is 9.13 Å². The predicted octanol–water partition coefficient (Wildman–Crippen LogP) is 16.0. The number of hydrogen-bond acceptors (Lipinski definition) is 2. The largest absolute Gasteiger partial charge is 0.309 e. The minimum Gasteiger partial charge on any atom is -0.309 e. The summed E-state index contributed by atoms with van der Waals surface area (Å²) < 4.78 is 4.78. The average molecular weight is 829 g/mol. The predicted molar refractivity (Wildman–Crippen MR) is 264 cm³/mol. The van der Waals surface area contributed by atoms with Crippen molar-refractivity contribution >= 4 is 66.3 Å². The molecule has 0 saturated heterocycles. The first-order valence-electron chi connectivity index (χ1n) is 21.2. The first-order chi connectivity index (χ1) is 30.8. The van der Waals surface area contributed by atoms with Crippen LogP contribution < -0.4 is 0 Å². The van der Waals surface area contributed by atoms with Gasteiger partial charge in [-0.25, -0.2) is 0 Å². The first-order valence-corrected chi connectivity index (χ1v) is 23.0. The molecule has 0 N–H and O–H groups in total. The molecule has 4 aromatic heterocycles. The Bertz CT molecular complexity index is 3250. The van der Waals surface area contributed by atoms with Crippen LogP contribution >= 0.6 is 22.7 Å². The number of para-hydroxylation sites is 4. The van der Waals surface area contributed by atoms with Crippen molar-refractivity contribution in [3.8, 4) is 22.5 Å². The van der Waals surface area contributed by atoms with Crippen LogP contribution in [0.1, 0.15) is 43.8 Å². The number of rotatable bonds is 9. The Hall–Kier alpha value is -7.24. The van der Waals surface area contributed by atoms with Gasteiger partial charge < -0.3 is 9.13 Å². The van der Waals surface area contributed by atoms with Crippen molar-refractivity contribution < 1.29 is 0 Å². The Morgan fingerprint density at radius 2 is 0.661 bits per heavy atom. The van der Waals surface area contributed by atoms with Crippen LogP contribution in [0.2, 0.25) is 0 Å². The topological polar surface area (TPSA) is 9.86 Å². The zero-order chi connectivity index (χ0) is 41.0. The number of nitrogens with zero attached hydrogens (tertiary/aromatic N) is 2. The summed E-state index contributed by atoms with van der Waals surface area (Å²) in [6.07, 6.45) is 0. The van der Waals surface area contributed by atoms with Crippen LogP contribution in [0.15, 0.2) is 229 Å². The highest BCUT2D eigenvalue weighted by Gasteiger charge is 2.23. The summed E-state index contributed by atoms with van der Waals surface area (Å²) in [4.78, 5) is 2.69. The van der Waals surface area contributed by atoms with Gasteiger partial charge in [-0.2, -0.15) is 0 Å². The smallest absolute Gasteiger partial charge is 0.0541 e. The zero-order valence-electron chi connectivity index (χ0n) is 33.8. The maximum atomic E-state index is 2.43.